The molecule has 0 unspecified atom stereocenters. The standard InChI is InChI=1S/C12H8F4N2OS/c13-6-5-7(14)11(16)9(10(6)15)12(19)18-2-1-8-17-3-4-20-8/h3-5H,1-2H2,(H,18,19). The molecule has 0 spiro atoms. The first-order chi connectivity index (χ1) is 9.50. The van der Waals surface area contributed by atoms with Gasteiger partial charge in [-0.3, -0.25) is 4.79 Å². The SMILES string of the molecule is O=C(NCCc1nccs1)c1c(F)c(F)cc(F)c1F. The molecule has 0 radical (unpaired) electrons. The van der Waals surface area contributed by atoms with Crippen LogP contribution in [0.4, 0.5) is 17.6 Å². The maximum atomic E-state index is 13.3. The van der Waals surface area contributed by atoms with Gasteiger partial charge in [-0.05, 0) is 0 Å². The Bertz CT molecular complexity index is 605. The minimum Gasteiger partial charge on any atom is -0.351 e. The molecular weight excluding hydrogens is 296 g/mol. The monoisotopic (exact) mass is 304 g/mol. The van der Waals surface area contributed by atoms with Crippen molar-refractivity contribution >= 4 is 17.2 Å². The predicted octanol–water partition coefficient (Wildman–Crippen LogP) is 2.67. The summed E-state index contributed by atoms with van der Waals surface area (Å²) in [6.45, 7) is 0.0450. The molecule has 1 aromatic carbocycles. The number of benzene rings is 1. The lowest BCUT2D eigenvalue weighted by molar-refractivity contribution is 0.0943. The first-order valence-corrected chi connectivity index (χ1v) is 6.38. The van der Waals surface area contributed by atoms with Crippen LogP contribution in [0.2, 0.25) is 0 Å². The Balaban J connectivity index is 2.09. The van der Waals surface area contributed by atoms with E-state index in [0.717, 1.165) is 5.01 Å². The van der Waals surface area contributed by atoms with Gasteiger partial charge in [0.2, 0.25) is 0 Å². The zero-order chi connectivity index (χ0) is 14.7. The molecule has 3 nitrogen and oxygen atoms in total. The summed E-state index contributed by atoms with van der Waals surface area (Å²) in [4.78, 5) is 15.5. The fourth-order valence-corrected chi connectivity index (χ4v) is 2.14. The minimum absolute atomic E-state index is 0.0450. The Kier molecular flexibility index (Phi) is 4.33. The molecule has 1 amide bonds. The van der Waals surface area contributed by atoms with Crippen LogP contribution in [0.25, 0.3) is 0 Å². The van der Waals surface area contributed by atoms with E-state index in [9.17, 15) is 22.4 Å². The van der Waals surface area contributed by atoms with E-state index in [1.165, 1.54) is 11.3 Å². The average molecular weight is 304 g/mol. The van der Waals surface area contributed by atoms with E-state index >= 15 is 0 Å². The maximum Gasteiger partial charge on any atom is 0.257 e. The topological polar surface area (TPSA) is 42.0 Å². The lowest BCUT2D eigenvalue weighted by atomic mass is 10.1. The van der Waals surface area contributed by atoms with E-state index in [1.54, 1.807) is 11.6 Å². The number of thiazole rings is 1. The summed E-state index contributed by atoms with van der Waals surface area (Å²) in [6, 6.07) is 0.0526. The van der Waals surface area contributed by atoms with Gasteiger partial charge in [0, 0.05) is 30.6 Å². The molecule has 0 atom stereocenters. The van der Waals surface area contributed by atoms with Crippen molar-refractivity contribution in [3.63, 3.8) is 0 Å². The van der Waals surface area contributed by atoms with Gasteiger partial charge in [-0.1, -0.05) is 0 Å². The highest BCUT2D eigenvalue weighted by Crippen LogP contribution is 2.19. The summed E-state index contributed by atoms with van der Waals surface area (Å²) in [7, 11) is 0. The summed E-state index contributed by atoms with van der Waals surface area (Å²) in [5, 5.41) is 4.64. The highest BCUT2D eigenvalue weighted by atomic mass is 32.1. The highest BCUT2D eigenvalue weighted by Gasteiger charge is 2.24. The van der Waals surface area contributed by atoms with Gasteiger partial charge in [-0.15, -0.1) is 11.3 Å². The molecule has 0 saturated heterocycles. The number of hydrogen-bond donors (Lipinski definition) is 1. The van der Waals surface area contributed by atoms with Crippen LogP contribution in [-0.4, -0.2) is 17.4 Å². The molecule has 0 fully saturated rings. The first kappa shape index (κ1) is 14.4. The van der Waals surface area contributed by atoms with Crippen molar-refractivity contribution in [1.82, 2.24) is 10.3 Å². The molecule has 106 valence electrons. The smallest absolute Gasteiger partial charge is 0.257 e. The molecule has 0 saturated carbocycles. The van der Waals surface area contributed by atoms with Crippen molar-refractivity contribution in [3.05, 3.63) is 51.5 Å². The van der Waals surface area contributed by atoms with E-state index < -0.39 is 34.7 Å². The second kappa shape index (κ2) is 6.00. The number of rotatable bonds is 4. The minimum atomic E-state index is -1.71. The van der Waals surface area contributed by atoms with E-state index in [1.807, 2.05) is 0 Å². The number of carbonyl (C=O) groups is 1. The van der Waals surface area contributed by atoms with Crippen LogP contribution in [-0.2, 0) is 6.42 Å². The van der Waals surface area contributed by atoms with Crippen LogP contribution in [0.5, 0.6) is 0 Å². The van der Waals surface area contributed by atoms with Crippen molar-refractivity contribution in [2.45, 2.75) is 6.42 Å². The maximum absolute atomic E-state index is 13.3. The van der Waals surface area contributed by atoms with Crippen LogP contribution in [0, 0.1) is 23.3 Å². The van der Waals surface area contributed by atoms with Gasteiger partial charge in [0.05, 0.1) is 5.01 Å². The normalized spacial score (nSPS) is 10.6. The highest BCUT2D eigenvalue weighted by molar-refractivity contribution is 7.09. The van der Waals surface area contributed by atoms with E-state index in [2.05, 4.69) is 10.3 Å². The van der Waals surface area contributed by atoms with E-state index in [0.29, 0.717) is 6.42 Å². The molecule has 8 heteroatoms. The molecule has 2 aromatic rings. The molecule has 2 rings (SSSR count). The Morgan fingerprint density at radius 2 is 1.85 bits per heavy atom. The lowest BCUT2D eigenvalue weighted by Gasteiger charge is -2.07. The summed E-state index contributed by atoms with van der Waals surface area (Å²) < 4.78 is 52.6. The summed E-state index contributed by atoms with van der Waals surface area (Å²) in [5.41, 5.74) is -1.26. The molecular formula is C12H8F4N2OS. The third-order valence-electron chi connectivity index (χ3n) is 2.45. The largest absolute Gasteiger partial charge is 0.351 e. The van der Waals surface area contributed by atoms with E-state index in [-0.39, 0.29) is 12.6 Å². The zero-order valence-corrected chi connectivity index (χ0v) is 10.7. The van der Waals surface area contributed by atoms with Crippen molar-refractivity contribution < 1.29 is 22.4 Å². The molecule has 0 bridgehead atoms. The number of nitrogens with zero attached hydrogens (tertiary/aromatic N) is 1. The van der Waals surface area contributed by atoms with Crippen molar-refractivity contribution in [2.24, 2.45) is 0 Å². The molecule has 0 aliphatic rings. The first-order valence-electron chi connectivity index (χ1n) is 5.50. The van der Waals surface area contributed by atoms with Gasteiger partial charge < -0.3 is 5.32 Å². The van der Waals surface area contributed by atoms with Gasteiger partial charge >= 0.3 is 0 Å². The summed E-state index contributed by atoms with van der Waals surface area (Å²) in [5.74, 6) is -7.87. The van der Waals surface area contributed by atoms with Gasteiger partial charge in [0.1, 0.15) is 5.56 Å². The van der Waals surface area contributed by atoms with Gasteiger partial charge in [0.25, 0.3) is 5.91 Å². The number of halogens is 4. The number of nitrogens with one attached hydrogen (secondary N) is 1. The second-order valence-electron chi connectivity index (χ2n) is 3.77. The summed E-state index contributed by atoms with van der Waals surface area (Å²) in [6.07, 6.45) is 1.92. The van der Waals surface area contributed by atoms with Gasteiger partial charge in [0.15, 0.2) is 23.3 Å². The Morgan fingerprint density at radius 1 is 1.20 bits per heavy atom. The molecule has 0 aliphatic carbocycles. The van der Waals surface area contributed by atoms with Crippen LogP contribution in [0.3, 0.4) is 0 Å². The molecule has 0 aliphatic heterocycles. The predicted molar refractivity (Wildman–Crippen MR) is 64.4 cm³/mol. The Morgan fingerprint density at radius 3 is 2.40 bits per heavy atom. The lowest BCUT2D eigenvalue weighted by Crippen LogP contribution is -2.28. The number of hydrogen-bond acceptors (Lipinski definition) is 3. The molecule has 1 aromatic heterocycles. The quantitative estimate of drug-likeness (QED) is 0.697. The van der Waals surface area contributed by atoms with Crippen LogP contribution >= 0.6 is 11.3 Å². The summed E-state index contributed by atoms with van der Waals surface area (Å²) >= 11 is 1.35. The number of aromatic nitrogens is 1. The number of amides is 1. The van der Waals surface area contributed by atoms with Crippen LogP contribution < -0.4 is 5.32 Å². The molecule has 1 heterocycles. The zero-order valence-electron chi connectivity index (χ0n) is 9.92. The fourth-order valence-electron chi connectivity index (χ4n) is 1.52. The van der Waals surface area contributed by atoms with E-state index in [4.69, 9.17) is 0 Å². The van der Waals surface area contributed by atoms with Crippen LogP contribution in [0.15, 0.2) is 17.6 Å². The van der Waals surface area contributed by atoms with Crippen molar-refractivity contribution in [2.75, 3.05) is 6.54 Å². The Hall–Kier alpha value is -1.96. The van der Waals surface area contributed by atoms with Gasteiger partial charge in [-0.25, -0.2) is 22.5 Å². The van der Waals surface area contributed by atoms with Gasteiger partial charge in [-0.2, -0.15) is 0 Å². The van der Waals surface area contributed by atoms with Crippen molar-refractivity contribution in [1.29, 1.82) is 0 Å². The Labute approximate surface area is 115 Å². The third kappa shape index (κ3) is 2.96. The molecule has 20 heavy (non-hydrogen) atoms. The molecule has 1 N–H and O–H groups in total. The fraction of sp³-hybridized carbons (Fsp3) is 0.167. The second-order valence-corrected chi connectivity index (χ2v) is 4.75. The third-order valence-corrected chi connectivity index (χ3v) is 3.29. The number of carbonyl (C=O) groups excluding carboxylic acids is 1. The van der Waals surface area contributed by atoms with Crippen LogP contribution in [0.1, 0.15) is 15.4 Å². The van der Waals surface area contributed by atoms with Crippen molar-refractivity contribution in [3.8, 4) is 0 Å². The average Bonchev–Trinajstić information content (AvgIpc) is 2.90.